The second-order valence-electron chi connectivity index (χ2n) is 7.92. The van der Waals surface area contributed by atoms with Crippen LogP contribution in [0.5, 0.6) is 17.2 Å². The number of ether oxygens (including phenoxy) is 3. The summed E-state index contributed by atoms with van der Waals surface area (Å²) in [5, 5.41) is 0. The van der Waals surface area contributed by atoms with Gasteiger partial charge in [-0.25, -0.2) is 8.42 Å². The van der Waals surface area contributed by atoms with Gasteiger partial charge in [0.2, 0.25) is 10.0 Å². The summed E-state index contributed by atoms with van der Waals surface area (Å²) in [6.07, 6.45) is 0.569. The fourth-order valence-electron chi connectivity index (χ4n) is 4.10. The number of fused-ring (bicyclic) bond motifs is 1. The molecule has 2 aliphatic rings. The molecule has 2 aromatic carbocycles. The lowest BCUT2D eigenvalue weighted by Gasteiger charge is -2.34. The van der Waals surface area contributed by atoms with E-state index in [2.05, 4.69) is 0 Å². The van der Waals surface area contributed by atoms with E-state index in [9.17, 15) is 13.2 Å². The van der Waals surface area contributed by atoms with Gasteiger partial charge >= 0.3 is 0 Å². The standard InChI is InChI=1S/C22H25NO6S/c1-14-9-20(28-4)21(10-15(14)2)30(25,26)23-8-7-22(13-23)12-18(24)17-11-16(27-3)5-6-19(17)29-22/h5-6,9-11H,7-8,12-13H2,1-4H3. The summed E-state index contributed by atoms with van der Waals surface area (Å²) in [6, 6.07) is 8.47. The fraction of sp³-hybridized carbons (Fsp3) is 0.409. The summed E-state index contributed by atoms with van der Waals surface area (Å²) in [4.78, 5) is 12.9. The first kappa shape index (κ1) is 20.7. The number of ketones is 1. The number of rotatable bonds is 4. The van der Waals surface area contributed by atoms with Crippen molar-refractivity contribution in [1.29, 1.82) is 0 Å². The molecule has 0 saturated carbocycles. The lowest BCUT2D eigenvalue weighted by atomic mass is 9.89. The van der Waals surface area contributed by atoms with Gasteiger partial charge < -0.3 is 14.2 Å². The molecule has 30 heavy (non-hydrogen) atoms. The summed E-state index contributed by atoms with van der Waals surface area (Å²) in [5.41, 5.74) is 1.43. The summed E-state index contributed by atoms with van der Waals surface area (Å²) < 4.78 is 44.9. The Labute approximate surface area is 176 Å². The van der Waals surface area contributed by atoms with Crippen LogP contribution < -0.4 is 14.2 Å². The second-order valence-corrected chi connectivity index (χ2v) is 9.83. The van der Waals surface area contributed by atoms with Gasteiger partial charge in [0.15, 0.2) is 5.78 Å². The number of Topliss-reactive ketones (excluding diaryl/α,β-unsaturated/α-hetero) is 1. The van der Waals surface area contributed by atoms with Gasteiger partial charge in [-0.1, -0.05) is 0 Å². The highest BCUT2D eigenvalue weighted by molar-refractivity contribution is 7.89. The predicted molar refractivity (Wildman–Crippen MR) is 111 cm³/mol. The number of aryl methyl sites for hydroxylation is 2. The van der Waals surface area contributed by atoms with Crippen LogP contribution in [0.15, 0.2) is 35.2 Å². The summed E-state index contributed by atoms with van der Waals surface area (Å²) in [6.45, 7) is 4.17. The molecule has 160 valence electrons. The minimum atomic E-state index is -3.80. The van der Waals surface area contributed by atoms with E-state index in [-0.39, 0.29) is 30.2 Å². The van der Waals surface area contributed by atoms with Crippen LogP contribution >= 0.6 is 0 Å². The molecule has 0 radical (unpaired) electrons. The van der Waals surface area contributed by atoms with Gasteiger partial charge in [-0.15, -0.1) is 0 Å². The molecule has 0 amide bonds. The molecule has 2 heterocycles. The maximum atomic E-state index is 13.4. The number of benzene rings is 2. The zero-order valence-electron chi connectivity index (χ0n) is 17.5. The summed E-state index contributed by atoms with van der Waals surface area (Å²) >= 11 is 0. The average Bonchev–Trinajstić information content (AvgIpc) is 3.13. The van der Waals surface area contributed by atoms with Crippen LogP contribution in [0, 0.1) is 13.8 Å². The van der Waals surface area contributed by atoms with Gasteiger partial charge in [0.25, 0.3) is 0 Å². The molecule has 1 atom stereocenters. The Morgan fingerprint density at radius 2 is 1.80 bits per heavy atom. The fourth-order valence-corrected chi connectivity index (χ4v) is 5.84. The monoisotopic (exact) mass is 431 g/mol. The van der Waals surface area contributed by atoms with Crippen molar-refractivity contribution in [3.8, 4) is 17.2 Å². The highest BCUT2D eigenvalue weighted by atomic mass is 32.2. The van der Waals surface area contributed by atoms with E-state index in [1.165, 1.54) is 18.5 Å². The zero-order chi connectivity index (χ0) is 21.7. The van der Waals surface area contributed by atoms with Crippen LogP contribution in [-0.4, -0.2) is 51.4 Å². The number of sulfonamides is 1. The summed E-state index contributed by atoms with van der Waals surface area (Å²) in [7, 11) is -0.804. The van der Waals surface area contributed by atoms with Gasteiger partial charge in [-0.05, 0) is 55.3 Å². The minimum Gasteiger partial charge on any atom is -0.497 e. The zero-order valence-corrected chi connectivity index (χ0v) is 18.3. The first-order chi connectivity index (χ1) is 14.2. The molecule has 1 spiro atoms. The Bertz CT molecular complexity index is 1130. The molecule has 0 aromatic heterocycles. The van der Waals surface area contributed by atoms with E-state index in [1.807, 2.05) is 13.8 Å². The molecular formula is C22H25NO6S. The molecule has 0 aliphatic carbocycles. The molecule has 4 rings (SSSR count). The molecule has 8 heteroatoms. The molecule has 7 nitrogen and oxygen atoms in total. The van der Waals surface area contributed by atoms with Gasteiger partial charge in [-0.2, -0.15) is 4.31 Å². The highest BCUT2D eigenvalue weighted by Gasteiger charge is 2.49. The molecule has 1 fully saturated rings. The number of carbonyl (C=O) groups excluding carboxylic acids is 1. The van der Waals surface area contributed by atoms with Crippen LogP contribution in [0.4, 0.5) is 0 Å². The molecule has 2 aromatic rings. The second kappa shape index (κ2) is 7.28. The largest absolute Gasteiger partial charge is 0.497 e. The Kier molecular flexibility index (Phi) is 5.02. The van der Waals surface area contributed by atoms with Crippen molar-refractivity contribution in [2.24, 2.45) is 0 Å². The van der Waals surface area contributed by atoms with Gasteiger partial charge in [-0.3, -0.25) is 4.79 Å². The van der Waals surface area contributed by atoms with Crippen molar-refractivity contribution >= 4 is 15.8 Å². The van der Waals surface area contributed by atoms with E-state index < -0.39 is 15.6 Å². The number of nitrogens with zero attached hydrogens (tertiary/aromatic N) is 1. The highest BCUT2D eigenvalue weighted by Crippen LogP contribution is 2.42. The van der Waals surface area contributed by atoms with Gasteiger partial charge in [0.05, 0.1) is 32.7 Å². The van der Waals surface area contributed by atoms with E-state index >= 15 is 0 Å². The van der Waals surface area contributed by atoms with Gasteiger partial charge in [0.1, 0.15) is 27.7 Å². The van der Waals surface area contributed by atoms with Crippen molar-refractivity contribution in [1.82, 2.24) is 4.31 Å². The maximum absolute atomic E-state index is 13.4. The smallest absolute Gasteiger partial charge is 0.246 e. The Balaban J connectivity index is 1.64. The van der Waals surface area contributed by atoms with Gasteiger partial charge in [0, 0.05) is 13.0 Å². The maximum Gasteiger partial charge on any atom is 0.246 e. The topological polar surface area (TPSA) is 82.1 Å². The molecule has 0 N–H and O–H groups in total. The van der Waals surface area contributed by atoms with E-state index in [0.29, 0.717) is 29.2 Å². The third kappa shape index (κ3) is 3.33. The third-order valence-corrected chi connectivity index (χ3v) is 7.84. The average molecular weight is 432 g/mol. The molecule has 0 bridgehead atoms. The van der Waals surface area contributed by atoms with Crippen molar-refractivity contribution in [3.63, 3.8) is 0 Å². The predicted octanol–water partition coefficient (Wildman–Crippen LogP) is 3.12. The van der Waals surface area contributed by atoms with Crippen molar-refractivity contribution in [2.45, 2.75) is 37.2 Å². The first-order valence-corrected chi connectivity index (χ1v) is 11.2. The van der Waals surface area contributed by atoms with E-state index in [4.69, 9.17) is 14.2 Å². The lowest BCUT2D eigenvalue weighted by Crippen LogP contribution is -2.45. The molecule has 1 unspecified atom stereocenters. The van der Waals surface area contributed by atoms with Crippen LogP contribution in [0.3, 0.4) is 0 Å². The molecule has 1 saturated heterocycles. The lowest BCUT2D eigenvalue weighted by molar-refractivity contribution is 0.0497. The molecular weight excluding hydrogens is 406 g/mol. The number of hydrogen-bond acceptors (Lipinski definition) is 6. The number of carbonyl (C=O) groups is 1. The first-order valence-electron chi connectivity index (χ1n) is 9.75. The van der Waals surface area contributed by atoms with Crippen molar-refractivity contribution in [3.05, 3.63) is 47.0 Å². The van der Waals surface area contributed by atoms with Crippen LogP contribution in [0.25, 0.3) is 0 Å². The number of hydrogen-bond donors (Lipinski definition) is 0. The van der Waals surface area contributed by atoms with E-state index in [0.717, 1.165) is 11.1 Å². The van der Waals surface area contributed by atoms with Crippen LogP contribution in [0.2, 0.25) is 0 Å². The quantitative estimate of drug-likeness (QED) is 0.740. The molecule has 2 aliphatic heterocycles. The van der Waals surface area contributed by atoms with E-state index in [1.54, 1.807) is 30.3 Å². The normalized spacial score (nSPS) is 21.4. The van der Waals surface area contributed by atoms with Crippen molar-refractivity contribution < 1.29 is 27.4 Å². The summed E-state index contributed by atoms with van der Waals surface area (Å²) in [5.74, 6) is 1.30. The Hall–Kier alpha value is -2.58. The number of methoxy groups -OCH3 is 2. The third-order valence-electron chi connectivity index (χ3n) is 5.98. The minimum absolute atomic E-state index is 0.0711. The SMILES string of the molecule is COc1ccc2c(c1)C(=O)CC1(CCN(S(=O)(=O)c3cc(C)c(C)cc3OC)C1)O2. The van der Waals surface area contributed by atoms with Crippen LogP contribution in [-0.2, 0) is 10.0 Å². The Morgan fingerprint density at radius 1 is 1.07 bits per heavy atom. The van der Waals surface area contributed by atoms with Crippen LogP contribution in [0.1, 0.15) is 34.3 Å². The van der Waals surface area contributed by atoms with Crippen molar-refractivity contribution in [2.75, 3.05) is 27.3 Å². The Morgan fingerprint density at radius 3 is 2.50 bits per heavy atom.